The summed E-state index contributed by atoms with van der Waals surface area (Å²) in [5, 5.41) is 16.5. The van der Waals surface area contributed by atoms with Gasteiger partial charge in [-0.05, 0) is 60.4 Å². The predicted octanol–water partition coefficient (Wildman–Crippen LogP) is 6.20. The lowest BCUT2D eigenvalue weighted by Gasteiger charge is -2.18. The van der Waals surface area contributed by atoms with E-state index < -0.39 is 12.0 Å². The largest absolute Gasteiger partial charge is 0.494 e. The second-order valence-electron chi connectivity index (χ2n) is 9.81. The molecule has 0 bridgehead atoms. The van der Waals surface area contributed by atoms with E-state index in [-0.39, 0.29) is 18.1 Å². The third kappa shape index (κ3) is 9.21. The first-order valence-electron chi connectivity index (χ1n) is 13.8. The monoisotopic (exact) mass is 584 g/mol. The molecule has 4 aromatic carbocycles. The second kappa shape index (κ2) is 15.4. The maximum absolute atomic E-state index is 13.0. The van der Waals surface area contributed by atoms with E-state index >= 15 is 0 Å². The average molecular weight is 585 g/mol. The van der Waals surface area contributed by atoms with Crippen molar-refractivity contribution in [3.63, 3.8) is 0 Å². The fourth-order valence-corrected chi connectivity index (χ4v) is 4.64. The number of para-hydroxylation sites is 1. The van der Waals surface area contributed by atoms with Crippen LogP contribution in [-0.4, -0.2) is 42.0 Å². The van der Waals surface area contributed by atoms with E-state index in [1.165, 1.54) is 0 Å². The number of carbonyl (C=O) groups excluding carboxylic acids is 2. The summed E-state index contributed by atoms with van der Waals surface area (Å²) in [5.41, 5.74) is 3.25. The molecule has 0 saturated heterocycles. The van der Waals surface area contributed by atoms with Crippen LogP contribution >= 0.6 is 11.6 Å². The maximum Gasteiger partial charge on any atom is 0.326 e. The van der Waals surface area contributed by atoms with Gasteiger partial charge in [0.15, 0.2) is 5.78 Å². The van der Waals surface area contributed by atoms with Crippen LogP contribution < -0.4 is 15.4 Å². The Morgan fingerprint density at radius 1 is 0.833 bits per heavy atom. The Morgan fingerprint density at radius 2 is 1.57 bits per heavy atom. The summed E-state index contributed by atoms with van der Waals surface area (Å²) in [7, 11) is 0. The Balaban J connectivity index is 1.23. The highest BCUT2D eigenvalue weighted by atomic mass is 35.5. The second-order valence-corrected chi connectivity index (χ2v) is 10.2. The number of halogens is 1. The molecule has 1 atom stereocenters. The summed E-state index contributed by atoms with van der Waals surface area (Å²) in [6.07, 6.45) is 1.89. The number of rotatable bonds is 15. The first-order valence-corrected chi connectivity index (χ1v) is 14.2. The average Bonchev–Trinajstić information content (AvgIpc) is 3.00. The number of hydrogen-bond acceptors (Lipinski definition) is 5. The Bertz CT molecular complexity index is 1490. The van der Waals surface area contributed by atoms with Crippen molar-refractivity contribution >= 4 is 34.9 Å². The van der Waals surface area contributed by atoms with Crippen LogP contribution in [0.5, 0.6) is 5.75 Å². The molecule has 216 valence electrons. The van der Waals surface area contributed by atoms with Gasteiger partial charge >= 0.3 is 5.97 Å². The van der Waals surface area contributed by atoms with Crippen molar-refractivity contribution in [2.45, 2.75) is 31.7 Å². The fourth-order valence-electron chi connectivity index (χ4n) is 4.43. The highest BCUT2D eigenvalue weighted by Gasteiger charge is 2.21. The summed E-state index contributed by atoms with van der Waals surface area (Å²) >= 11 is 5.98. The number of carbonyl (C=O) groups is 3. The molecule has 0 unspecified atom stereocenters. The number of aliphatic carboxylic acids is 1. The van der Waals surface area contributed by atoms with Crippen LogP contribution in [0.25, 0.3) is 0 Å². The molecule has 0 spiro atoms. The van der Waals surface area contributed by atoms with Crippen molar-refractivity contribution in [2.24, 2.45) is 0 Å². The van der Waals surface area contributed by atoms with Crippen molar-refractivity contribution in [2.75, 3.05) is 18.5 Å². The zero-order chi connectivity index (χ0) is 29.7. The molecular formula is C34H33ClN2O5. The van der Waals surface area contributed by atoms with E-state index in [1.807, 2.05) is 36.4 Å². The zero-order valence-corrected chi connectivity index (χ0v) is 23.8. The van der Waals surface area contributed by atoms with E-state index in [1.54, 1.807) is 66.7 Å². The van der Waals surface area contributed by atoms with Crippen molar-refractivity contribution in [3.8, 4) is 5.75 Å². The van der Waals surface area contributed by atoms with Crippen LogP contribution in [0.1, 0.15) is 39.9 Å². The van der Waals surface area contributed by atoms with Crippen LogP contribution in [0.15, 0.2) is 103 Å². The standard InChI is InChI=1S/C34H33ClN2O5/c35-27-11-6-8-24(22-27)16-19-32(38)36-20-7-21-42-28-17-14-25(15-18-28)23-31(34(40)41)37-30-13-5-4-12-29(30)33(39)26-9-2-1-3-10-26/h1-6,8-15,17-18,22,31,37H,7,16,19-21,23H2,(H,36,38)(H,40,41)/t31-/m0/s1. The molecule has 0 aromatic heterocycles. The summed E-state index contributed by atoms with van der Waals surface area (Å²) < 4.78 is 5.78. The molecular weight excluding hydrogens is 552 g/mol. The number of hydrogen-bond donors (Lipinski definition) is 3. The summed E-state index contributed by atoms with van der Waals surface area (Å²) in [6.45, 7) is 0.937. The van der Waals surface area contributed by atoms with E-state index in [4.69, 9.17) is 16.3 Å². The maximum atomic E-state index is 13.0. The molecule has 42 heavy (non-hydrogen) atoms. The summed E-state index contributed by atoms with van der Waals surface area (Å²) in [6, 6.07) is 29.6. The molecule has 1 amide bonds. The summed E-state index contributed by atoms with van der Waals surface area (Å²) in [4.78, 5) is 37.2. The van der Waals surface area contributed by atoms with Gasteiger partial charge in [0.25, 0.3) is 0 Å². The molecule has 0 saturated carbocycles. The molecule has 0 radical (unpaired) electrons. The topological polar surface area (TPSA) is 105 Å². The lowest BCUT2D eigenvalue weighted by molar-refractivity contribution is -0.137. The van der Waals surface area contributed by atoms with Gasteiger partial charge in [0.1, 0.15) is 11.8 Å². The van der Waals surface area contributed by atoms with Gasteiger partial charge in [-0.1, -0.05) is 78.3 Å². The van der Waals surface area contributed by atoms with Gasteiger partial charge in [-0.15, -0.1) is 0 Å². The smallest absolute Gasteiger partial charge is 0.326 e. The normalized spacial score (nSPS) is 11.4. The molecule has 0 fully saturated rings. The van der Waals surface area contributed by atoms with Crippen molar-refractivity contribution in [1.82, 2.24) is 5.32 Å². The van der Waals surface area contributed by atoms with Gasteiger partial charge in [0.05, 0.1) is 6.61 Å². The van der Waals surface area contributed by atoms with Gasteiger partial charge < -0.3 is 20.5 Å². The van der Waals surface area contributed by atoms with Crippen molar-refractivity contribution in [1.29, 1.82) is 0 Å². The minimum Gasteiger partial charge on any atom is -0.494 e. The van der Waals surface area contributed by atoms with E-state index in [9.17, 15) is 19.5 Å². The fraction of sp³-hybridized carbons (Fsp3) is 0.206. The van der Waals surface area contributed by atoms with Gasteiger partial charge in [-0.2, -0.15) is 0 Å². The first kappa shape index (κ1) is 30.3. The molecule has 4 aromatic rings. The molecule has 0 aliphatic rings. The van der Waals surface area contributed by atoms with E-state index in [0.717, 1.165) is 11.1 Å². The number of aryl methyl sites for hydroxylation is 1. The lowest BCUT2D eigenvalue weighted by atomic mass is 10.00. The minimum atomic E-state index is -1.02. The van der Waals surface area contributed by atoms with E-state index in [2.05, 4.69) is 10.6 Å². The molecule has 0 aliphatic heterocycles. The Hall–Kier alpha value is -4.62. The molecule has 0 aliphatic carbocycles. The van der Waals surface area contributed by atoms with Crippen LogP contribution in [0, 0.1) is 0 Å². The van der Waals surface area contributed by atoms with Crippen LogP contribution in [-0.2, 0) is 22.4 Å². The third-order valence-corrected chi connectivity index (χ3v) is 6.88. The molecule has 3 N–H and O–H groups in total. The van der Waals surface area contributed by atoms with Crippen LogP contribution in [0.2, 0.25) is 5.02 Å². The van der Waals surface area contributed by atoms with Crippen LogP contribution in [0.4, 0.5) is 5.69 Å². The number of carboxylic acids is 1. The van der Waals surface area contributed by atoms with Crippen molar-refractivity contribution < 1.29 is 24.2 Å². The minimum absolute atomic E-state index is 0.0204. The Kier molecular flexibility index (Phi) is 11.1. The Morgan fingerprint density at radius 3 is 2.31 bits per heavy atom. The number of carboxylic acid groups (broad SMARTS) is 1. The predicted molar refractivity (Wildman–Crippen MR) is 164 cm³/mol. The lowest BCUT2D eigenvalue weighted by Crippen LogP contribution is -2.32. The van der Waals surface area contributed by atoms with E-state index in [0.29, 0.717) is 60.0 Å². The first-order chi connectivity index (χ1) is 20.4. The van der Waals surface area contributed by atoms with Crippen molar-refractivity contribution in [3.05, 3.63) is 130 Å². The number of ether oxygens (including phenoxy) is 1. The number of benzene rings is 4. The van der Waals surface area contributed by atoms with Gasteiger partial charge in [0.2, 0.25) is 5.91 Å². The number of anilines is 1. The number of nitrogens with one attached hydrogen (secondary N) is 2. The third-order valence-electron chi connectivity index (χ3n) is 6.64. The number of amides is 1. The molecule has 0 heterocycles. The highest BCUT2D eigenvalue weighted by molar-refractivity contribution is 6.30. The van der Waals surface area contributed by atoms with Gasteiger partial charge in [-0.25, -0.2) is 4.79 Å². The summed E-state index contributed by atoms with van der Waals surface area (Å²) in [5.74, 6) is -0.564. The van der Waals surface area contributed by atoms with Gasteiger partial charge in [0, 0.05) is 41.2 Å². The zero-order valence-electron chi connectivity index (χ0n) is 23.1. The molecule has 4 rings (SSSR count). The molecule has 8 heteroatoms. The Labute approximate surface area is 250 Å². The van der Waals surface area contributed by atoms with Crippen LogP contribution in [0.3, 0.4) is 0 Å². The molecule has 7 nitrogen and oxygen atoms in total. The SMILES string of the molecule is O=C(CCc1cccc(Cl)c1)NCCCOc1ccc(C[C@H](Nc2ccccc2C(=O)c2ccccc2)C(=O)O)cc1. The highest BCUT2D eigenvalue weighted by Crippen LogP contribution is 2.22. The quantitative estimate of drug-likeness (QED) is 0.114. The van der Waals surface area contributed by atoms with Gasteiger partial charge in [-0.3, -0.25) is 9.59 Å². The number of ketones is 1.